The zero-order valence-corrected chi connectivity index (χ0v) is 68.3. The molecule has 1 atom stereocenters. The number of allylic oxidation sites excluding steroid dienone is 1. The fourth-order valence-electron chi connectivity index (χ4n) is 16.4. The number of aromatic amines is 1. The van der Waals surface area contributed by atoms with Gasteiger partial charge in [0.25, 0.3) is 0 Å². The molecule has 13 rings (SSSR count). The highest BCUT2D eigenvalue weighted by Gasteiger charge is 2.48. The van der Waals surface area contributed by atoms with E-state index in [-0.39, 0.29) is 62.0 Å². The first-order valence-corrected chi connectivity index (χ1v) is 37.4. The number of H-pyrrole nitrogens is 1. The second-order valence-electron chi connectivity index (χ2n) is 36.2. The second-order valence-corrected chi connectivity index (χ2v) is 36.2. The van der Waals surface area contributed by atoms with Crippen LogP contribution >= 0.6 is 0 Å². The van der Waals surface area contributed by atoms with Crippen molar-refractivity contribution in [2.24, 2.45) is 50.9 Å². The van der Waals surface area contributed by atoms with Gasteiger partial charge in [-0.2, -0.15) is 25.5 Å². The third-order valence-corrected chi connectivity index (χ3v) is 22.3. The molecule has 6 aromatic heterocycles. The molecule has 19 heteroatoms. The van der Waals surface area contributed by atoms with Crippen molar-refractivity contribution in [3.63, 3.8) is 0 Å². The van der Waals surface area contributed by atoms with Crippen LogP contribution in [0.3, 0.4) is 0 Å². The summed E-state index contributed by atoms with van der Waals surface area (Å²) >= 11 is 0. The van der Waals surface area contributed by atoms with Crippen molar-refractivity contribution >= 4 is 34.9 Å². The van der Waals surface area contributed by atoms with Gasteiger partial charge in [-0.1, -0.05) is 152 Å². The summed E-state index contributed by atoms with van der Waals surface area (Å²) in [6.07, 6.45) is 13.9. The molecule has 6 heterocycles. The van der Waals surface area contributed by atoms with Gasteiger partial charge in [0.15, 0.2) is 11.6 Å². The summed E-state index contributed by atoms with van der Waals surface area (Å²) in [5.41, 5.74) is 26.0. The number of fused-ring (bicyclic) bond motifs is 7. The van der Waals surface area contributed by atoms with Crippen LogP contribution in [0, 0.1) is 22.7 Å². The van der Waals surface area contributed by atoms with E-state index < -0.39 is 0 Å². The first-order valence-electron chi connectivity index (χ1n) is 37.4. The van der Waals surface area contributed by atoms with E-state index in [0.29, 0.717) is 58.6 Å². The van der Waals surface area contributed by atoms with Crippen molar-refractivity contribution in [3.8, 4) is 11.3 Å². The second kappa shape index (κ2) is 29.5. The van der Waals surface area contributed by atoms with Crippen molar-refractivity contribution in [1.29, 1.82) is 0 Å². The van der Waals surface area contributed by atoms with Crippen LogP contribution in [0.5, 0.6) is 0 Å². The van der Waals surface area contributed by atoms with Crippen LogP contribution in [-0.4, -0.2) is 107 Å². The maximum absolute atomic E-state index is 12.7. The minimum Gasteiger partial charge on any atom is -0.383 e. The van der Waals surface area contributed by atoms with E-state index in [1.165, 1.54) is 65.3 Å². The van der Waals surface area contributed by atoms with Crippen LogP contribution in [0.4, 0.5) is 5.95 Å². The Labute approximate surface area is 605 Å². The molecule has 2 saturated carbocycles. The van der Waals surface area contributed by atoms with Crippen LogP contribution in [0.2, 0.25) is 0 Å². The predicted octanol–water partition coefficient (Wildman–Crippen LogP) is 16.6. The smallest absolute Gasteiger partial charge is 0.220 e. The molecule has 0 saturated heterocycles. The summed E-state index contributed by atoms with van der Waals surface area (Å²) in [6.45, 7) is 55.2. The lowest BCUT2D eigenvalue weighted by Gasteiger charge is -2.20. The molecule has 19 nitrogen and oxygen atoms in total. The topological polar surface area (TPSA) is 240 Å². The van der Waals surface area contributed by atoms with Gasteiger partial charge < -0.3 is 10.6 Å². The van der Waals surface area contributed by atoms with Gasteiger partial charge in [-0.05, 0) is 120 Å². The quantitative estimate of drug-likeness (QED) is 0.106. The summed E-state index contributed by atoms with van der Waals surface area (Å²) in [7, 11) is 11.8. The molecule has 0 spiro atoms. The Morgan fingerprint density at radius 2 is 1.02 bits per heavy atom. The maximum atomic E-state index is 12.7. The van der Waals surface area contributed by atoms with Crippen LogP contribution in [-0.2, 0) is 82.5 Å². The molecule has 0 aliphatic heterocycles. The normalized spacial score (nSPS) is 20.1. The predicted molar refractivity (Wildman–Crippen MR) is 407 cm³/mol. The average Bonchev–Trinajstić information content (AvgIpc) is 1.57. The van der Waals surface area contributed by atoms with Gasteiger partial charge in [-0.25, -0.2) is 9.97 Å². The molecule has 0 radical (unpaired) electrons. The third-order valence-electron chi connectivity index (χ3n) is 22.3. The van der Waals surface area contributed by atoms with Crippen molar-refractivity contribution in [3.05, 3.63) is 103 Å². The molecule has 0 aromatic carbocycles. The molecule has 1 unspecified atom stereocenters. The standard InChI is InChI=1S/C15H23N3O.C14H19N5.C12H18N2O.C12H20N2.C11H18N2.C11H18O2.C7H12O/c1-9(2)12-11-13(19)10(8-17(5)6)15(3,4)14(11)16-18(12)7;1-7(2)11-9-10-8(6-16-13(15)17-10)14(3,4)12(9)18-19(11)5;1-7(2)10-9-8(15)6-12(3,4)11(9)13-14(10)5;1-8(2)10-9-6-7-12(3,4)11(9)13-14(10)5;1-7(2)9-8-5-6-11(3,4)10(8)13-12-9;1-7(2)9(12)8-5-6-11(3,4)10(8)13;1-7(2)5-3-4-6(7)8/h8-9H,1-7H3;6-7H,1-5H3,(H2,15,16,17);7H,6H2,1-5H3;8H,6-7H2,1-5H3;7H,5-6H2,1-4H3,(H,12,13);7-8H,5-6H2,1-4H3;3-5H2,1-2H3/b10-8+;;;;;;. The fraction of sp³-hybridized carbons (Fsp3) is 0.683. The number of nitrogens with two attached hydrogens (primary N) is 1. The Morgan fingerprint density at radius 3 is 1.48 bits per heavy atom. The molecule has 2 fully saturated rings. The maximum Gasteiger partial charge on any atom is 0.220 e. The molecule has 6 aromatic rings. The molecule has 7 aliphatic rings. The lowest BCUT2D eigenvalue weighted by molar-refractivity contribution is -0.136. The summed E-state index contributed by atoms with van der Waals surface area (Å²) in [4.78, 5) is 69.5. The third kappa shape index (κ3) is 16.0. The van der Waals surface area contributed by atoms with E-state index in [4.69, 9.17) is 10.8 Å². The summed E-state index contributed by atoms with van der Waals surface area (Å²) in [5.74, 6) is 3.29. The molecule has 3 N–H and O–H groups in total. The first kappa shape index (κ1) is 81.1. The van der Waals surface area contributed by atoms with Gasteiger partial charge in [-0.15, -0.1) is 0 Å². The number of anilines is 1. The number of Topliss-reactive ketones (excluding diaryl/α,β-unsaturated/α-hetero) is 5. The van der Waals surface area contributed by atoms with E-state index in [1.54, 1.807) is 0 Å². The van der Waals surface area contributed by atoms with E-state index in [1.807, 2.05) is 108 Å². The number of ketones is 5. The highest BCUT2D eigenvalue weighted by Crippen LogP contribution is 2.51. The Kier molecular flexibility index (Phi) is 23.7. The molecule has 101 heavy (non-hydrogen) atoms. The Bertz CT molecular complexity index is 4110. The highest BCUT2D eigenvalue weighted by molar-refractivity contribution is 6.15. The van der Waals surface area contributed by atoms with Crippen LogP contribution in [0.25, 0.3) is 11.3 Å². The fourth-order valence-corrected chi connectivity index (χ4v) is 16.4. The van der Waals surface area contributed by atoms with E-state index in [0.717, 1.165) is 94.1 Å². The SMILES string of the molecule is CC(C)C(=O)C1CCC(C)(C)C1=O.CC(C)c1[nH]nc2c1CCC2(C)C.CC(C)c1c2c(nn1C)C(C)(C)/C(=C/N(C)C)C2=O.CC(C)c1c2c(nn1C)C(C)(C)CC2.CC(C)c1c2c(nn1C)C(C)(C)CC2=O.CC(C)c1c2c(nn1C)C(C)(C)c1cnc(N)nc1-2.CC1(C)CCCC1=O. The van der Waals surface area contributed by atoms with Crippen LogP contribution in [0.15, 0.2) is 18.0 Å². The number of aromatic nitrogens is 12. The summed E-state index contributed by atoms with van der Waals surface area (Å²) in [6, 6.07) is 0. The Hall–Kier alpha value is -7.18. The number of rotatable bonds is 8. The average molecular weight is 1390 g/mol. The number of nitrogen functional groups attached to an aromatic ring is 1. The zero-order chi connectivity index (χ0) is 76.4. The summed E-state index contributed by atoms with van der Waals surface area (Å²) in [5, 5.41) is 26.1. The molecular weight excluding hydrogens is 1260 g/mol. The molecule has 0 bridgehead atoms. The van der Waals surface area contributed by atoms with E-state index >= 15 is 0 Å². The Morgan fingerprint density at radius 1 is 0.545 bits per heavy atom. The first-order chi connectivity index (χ1) is 46.3. The number of hydrogen-bond acceptors (Lipinski definition) is 14. The van der Waals surface area contributed by atoms with E-state index in [9.17, 15) is 24.0 Å². The largest absolute Gasteiger partial charge is 0.383 e. The molecule has 556 valence electrons. The minimum absolute atomic E-state index is 0.0113. The molecular formula is C82H128N14O5. The van der Waals surface area contributed by atoms with Gasteiger partial charge in [0, 0.05) is 139 Å². The van der Waals surface area contributed by atoms with Gasteiger partial charge in [0.05, 0.1) is 68.3 Å². The van der Waals surface area contributed by atoms with Crippen molar-refractivity contribution in [2.75, 3.05) is 19.8 Å². The summed E-state index contributed by atoms with van der Waals surface area (Å²) < 4.78 is 7.78. The molecule has 0 amide bonds. The minimum atomic E-state index is -0.318. The van der Waals surface area contributed by atoms with Crippen LogP contribution < -0.4 is 5.73 Å². The number of aryl methyl sites for hydroxylation is 4. The number of hydrogen-bond donors (Lipinski definition) is 2. The zero-order valence-electron chi connectivity index (χ0n) is 68.3. The van der Waals surface area contributed by atoms with Gasteiger partial charge in [-0.3, -0.25) is 47.8 Å². The lowest BCUT2D eigenvalue weighted by Crippen LogP contribution is -2.29. The van der Waals surface area contributed by atoms with Crippen LogP contribution in [0.1, 0.15) is 355 Å². The van der Waals surface area contributed by atoms with Gasteiger partial charge in [0.2, 0.25) is 5.95 Å². The molecule has 7 aliphatic carbocycles. The monoisotopic (exact) mass is 1390 g/mol. The van der Waals surface area contributed by atoms with Crippen molar-refractivity contribution < 1.29 is 24.0 Å². The highest BCUT2D eigenvalue weighted by atomic mass is 16.2. The van der Waals surface area contributed by atoms with Gasteiger partial charge >= 0.3 is 0 Å². The Balaban J connectivity index is 0.000000167. The number of nitrogens with zero attached hydrogens (tertiary/aromatic N) is 12. The van der Waals surface area contributed by atoms with Gasteiger partial charge in [0.1, 0.15) is 17.3 Å². The number of nitrogens with one attached hydrogen (secondary N) is 1. The van der Waals surface area contributed by atoms with Crippen molar-refractivity contribution in [2.45, 2.75) is 301 Å². The lowest BCUT2D eigenvalue weighted by atomic mass is 9.86. The number of carbonyl (C=O) groups excluding carboxylic acids is 5. The van der Waals surface area contributed by atoms with Crippen molar-refractivity contribution in [1.82, 2.24) is 64.2 Å². The van der Waals surface area contributed by atoms with E-state index in [2.05, 4.69) is 186 Å². The number of carbonyl (C=O) groups is 5.